The largest absolute Gasteiger partial charge is 0.481 e. The fourth-order valence-electron chi connectivity index (χ4n) is 6.76. The summed E-state index contributed by atoms with van der Waals surface area (Å²) in [7, 11) is 0. The molecule has 2 atom stereocenters. The summed E-state index contributed by atoms with van der Waals surface area (Å²) in [6, 6.07) is 0. The summed E-state index contributed by atoms with van der Waals surface area (Å²) in [6.45, 7) is 22.0. The molecule has 0 fully saturated rings. The van der Waals surface area contributed by atoms with Crippen LogP contribution in [0.1, 0.15) is 95.4 Å². The lowest BCUT2D eigenvalue weighted by Gasteiger charge is -2.36. The average Bonchev–Trinajstić information content (AvgIpc) is 3.06. The van der Waals surface area contributed by atoms with E-state index in [0.717, 1.165) is 45.4 Å². The Kier molecular flexibility index (Phi) is 16.9. The molecule has 0 aromatic rings. The number of ketones is 2. The second-order valence-electron chi connectivity index (χ2n) is 15.8. The van der Waals surface area contributed by atoms with E-state index in [1.807, 2.05) is 109 Å². The van der Waals surface area contributed by atoms with Gasteiger partial charge in [0.15, 0.2) is 17.7 Å². The molecule has 2 aliphatic rings. The first-order valence-electron chi connectivity index (χ1n) is 18.5. The van der Waals surface area contributed by atoms with E-state index >= 15 is 0 Å². The standard InChI is InChI=1S/C47H58O8/c1-30(18-14-20-32(3)22-24-38-35(6)43(51)34(5)28-46(38,8)9)16-12-13-17-31(2)19-15-21-33(4)23-25-39-36(7)44(52)40(29-47(39,10)11)55-42(50)27-37(45(53)54)26-41(48)49/h12-25,27,34,40H,26,28-29H2,1-11H3,(H,48,49)(H,53,54). The molecule has 2 unspecified atom stereocenters. The van der Waals surface area contributed by atoms with Gasteiger partial charge < -0.3 is 14.9 Å². The number of hydrogen-bond acceptors (Lipinski definition) is 6. The molecule has 0 heterocycles. The minimum absolute atomic E-state index is 0.0252. The SMILES string of the molecule is CC(C=CC=C(C)C=CC1=C(C)C(=O)C(C)CC1(C)C)=CC=CC=C(C)C=CC=C(C)C=CC1=C(C)C(=O)C(OC(=O)C=C(CC(=O)O)C(=O)O)CC1(C)C. The van der Waals surface area contributed by atoms with Crippen molar-refractivity contribution in [3.05, 3.63) is 141 Å². The Hall–Kier alpha value is -5.37. The number of rotatable bonds is 15. The second kappa shape index (κ2) is 20.3. The molecule has 0 saturated carbocycles. The number of carboxylic acid groups (broad SMARTS) is 2. The number of hydrogen-bond donors (Lipinski definition) is 2. The van der Waals surface area contributed by atoms with Crippen molar-refractivity contribution in [3.8, 4) is 0 Å². The van der Waals surface area contributed by atoms with Crippen LogP contribution in [0.5, 0.6) is 0 Å². The highest BCUT2D eigenvalue weighted by molar-refractivity contribution is 6.03. The quantitative estimate of drug-likeness (QED) is 0.0959. The van der Waals surface area contributed by atoms with Crippen LogP contribution in [-0.4, -0.2) is 45.8 Å². The fourth-order valence-corrected chi connectivity index (χ4v) is 6.76. The van der Waals surface area contributed by atoms with Crippen molar-refractivity contribution < 1.29 is 38.9 Å². The van der Waals surface area contributed by atoms with Gasteiger partial charge in [-0.25, -0.2) is 9.59 Å². The zero-order valence-electron chi connectivity index (χ0n) is 34.3. The average molecular weight is 751 g/mol. The lowest BCUT2D eigenvalue weighted by molar-refractivity contribution is -0.151. The molecule has 0 saturated heterocycles. The van der Waals surface area contributed by atoms with Crippen LogP contribution in [0.4, 0.5) is 0 Å². The van der Waals surface area contributed by atoms with E-state index in [-0.39, 0.29) is 29.3 Å². The summed E-state index contributed by atoms with van der Waals surface area (Å²) in [6.07, 6.45) is 27.8. The predicted molar refractivity (Wildman–Crippen MR) is 220 cm³/mol. The number of allylic oxidation sites excluding steroid dienone is 21. The van der Waals surface area contributed by atoms with E-state index < -0.39 is 41.4 Å². The lowest BCUT2D eigenvalue weighted by Crippen LogP contribution is -2.38. The van der Waals surface area contributed by atoms with Gasteiger partial charge in [0.05, 0.1) is 12.0 Å². The van der Waals surface area contributed by atoms with Crippen LogP contribution < -0.4 is 0 Å². The number of aliphatic carboxylic acids is 2. The Morgan fingerprint density at radius 2 is 1.09 bits per heavy atom. The molecule has 2 aliphatic carbocycles. The molecule has 55 heavy (non-hydrogen) atoms. The minimum atomic E-state index is -1.55. The van der Waals surface area contributed by atoms with Crippen LogP contribution in [0.25, 0.3) is 0 Å². The van der Waals surface area contributed by atoms with Crippen molar-refractivity contribution >= 4 is 29.5 Å². The summed E-state index contributed by atoms with van der Waals surface area (Å²) in [5.41, 5.74) is 6.26. The Labute approximate surface area is 327 Å². The Morgan fingerprint density at radius 3 is 1.55 bits per heavy atom. The number of esters is 1. The van der Waals surface area contributed by atoms with Crippen molar-refractivity contribution in [3.63, 3.8) is 0 Å². The molecule has 8 nitrogen and oxygen atoms in total. The highest BCUT2D eigenvalue weighted by Crippen LogP contribution is 2.42. The van der Waals surface area contributed by atoms with Crippen LogP contribution in [0.2, 0.25) is 0 Å². The van der Waals surface area contributed by atoms with Gasteiger partial charge in [-0.1, -0.05) is 142 Å². The molecule has 0 amide bonds. The first-order valence-corrected chi connectivity index (χ1v) is 18.5. The maximum atomic E-state index is 13.1. The summed E-state index contributed by atoms with van der Waals surface area (Å²) in [4.78, 5) is 60.2. The van der Waals surface area contributed by atoms with Gasteiger partial charge >= 0.3 is 17.9 Å². The maximum Gasteiger partial charge on any atom is 0.332 e. The third-order valence-electron chi connectivity index (χ3n) is 9.72. The number of ether oxygens (including phenoxy) is 1. The Bertz CT molecular complexity index is 1920. The van der Waals surface area contributed by atoms with Crippen LogP contribution in [0, 0.1) is 16.7 Å². The predicted octanol–water partition coefficient (Wildman–Crippen LogP) is 10.2. The van der Waals surface area contributed by atoms with Gasteiger partial charge in [0.2, 0.25) is 0 Å². The number of carbonyl (C=O) groups is 5. The third kappa shape index (κ3) is 14.4. The molecule has 0 aromatic heterocycles. The number of carboxylic acids is 2. The topological polar surface area (TPSA) is 135 Å². The van der Waals surface area contributed by atoms with E-state index in [2.05, 4.69) is 45.1 Å². The molecular formula is C47H58O8. The van der Waals surface area contributed by atoms with Crippen molar-refractivity contribution in [2.45, 2.75) is 102 Å². The number of carbonyl (C=O) groups excluding carboxylic acids is 3. The monoisotopic (exact) mass is 750 g/mol. The van der Waals surface area contributed by atoms with Crippen molar-refractivity contribution in [1.82, 2.24) is 0 Å². The highest BCUT2D eigenvalue weighted by atomic mass is 16.5. The molecular weight excluding hydrogens is 693 g/mol. The van der Waals surface area contributed by atoms with Gasteiger partial charge in [-0.2, -0.15) is 0 Å². The van der Waals surface area contributed by atoms with Gasteiger partial charge in [0.1, 0.15) is 0 Å². The van der Waals surface area contributed by atoms with Gasteiger partial charge in [0.25, 0.3) is 0 Å². The lowest BCUT2D eigenvalue weighted by atomic mass is 9.68. The third-order valence-corrected chi connectivity index (χ3v) is 9.72. The summed E-state index contributed by atoms with van der Waals surface area (Å²) >= 11 is 0. The molecule has 0 aromatic carbocycles. The zero-order chi connectivity index (χ0) is 41.7. The first-order chi connectivity index (χ1) is 25.5. The zero-order valence-corrected chi connectivity index (χ0v) is 34.3. The van der Waals surface area contributed by atoms with Crippen molar-refractivity contribution in [2.24, 2.45) is 16.7 Å². The van der Waals surface area contributed by atoms with Gasteiger partial charge in [-0.05, 0) is 81.1 Å². The molecule has 0 spiro atoms. The van der Waals surface area contributed by atoms with E-state index in [1.165, 1.54) is 0 Å². The normalized spacial score (nSPS) is 22.1. The van der Waals surface area contributed by atoms with Crippen LogP contribution >= 0.6 is 0 Å². The maximum absolute atomic E-state index is 13.1. The second-order valence-corrected chi connectivity index (χ2v) is 15.8. The number of Topliss-reactive ketones (excluding diaryl/α,β-unsaturated/α-hetero) is 2. The van der Waals surface area contributed by atoms with E-state index in [4.69, 9.17) is 9.84 Å². The highest BCUT2D eigenvalue weighted by Gasteiger charge is 2.40. The molecule has 294 valence electrons. The van der Waals surface area contributed by atoms with Crippen LogP contribution in [-0.2, 0) is 28.7 Å². The molecule has 0 radical (unpaired) electrons. The first kappa shape index (κ1) is 45.8. The minimum Gasteiger partial charge on any atom is -0.481 e. The summed E-state index contributed by atoms with van der Waals surface area (Å²) < 4.78 is 5.30. The van der Waals surface area contributed by atoms with Crippen LogP contribution in [0.3, 0.4) is 0 Å². The van der Waals surface area contributed by atoms with Crippen LogP contribution in [0.15, 0.2) is 141 Å². The summed E-state index contributed by atoms with van der Waals surface area (Å²) in [5, 5.41) is 18.1. The van der Waals surface area contributed by atoms with Gasteiger partial charge in [-0.3, -0.25) is 14.4 Å². The molecule has 0 bridgehead atoms. The molecule has 2 N–H and O–H groups in total. The van der Waals surface area contributed by atoms with E-state index in [1.54, 1.807) is 6.92 Å². The molecule has 0 aliphatic heterocycles. The smallest absolute Gasteiger partial charge is 0.332 e. The molecule has 8 heteroatoms. The Balaban J connectivity index is 2.01. The van der Waals surface area contributed by atoms with Crippen molar-refractivity contribution in [1.29, 1.82) is 0 Å². The Morgan fingerprint density at radius 1 is 0.673 bits per heavy atom. The molecule has 2 rings (SSSR count). The van der Waals surface area contributed by atoms with Gasteiger partial charge in [-0.15, -0.1) is 0 Å². The van der Waals surface area contributed by atoms with Crippen molar-refractivity contribution in [2.75, 3.05) is 0 Å². The summed E-state index contributed by atoms with van der Waals surface area (Å²) in [5.74, 6) is -4.09. The van der Waals surface area contributed by atoms with Gasteiger partial charge in [0, 0.05) is 18.4 Å². The van der Waals surface area contributed by atoms with E-state index in [9.17, 15) is 29.1 Å². The fraction of sp³-hybridized carbons (Fsp3) is 0.383. The van der Waals surface area contributed by atoms with E-state index in [0.29, 0.717) is 11.6 Å².